The third kappa shape index (κ3) is 3.44. The van der Waals surface area contributed by atoms with Crippen molar-refractivity contribution in [2.24, 2.45) is 0 Å². The lowest BCUT2D eigenvalue weighted by Crippen LogP contribution is -2.44. The van der Waals surface area contributed by atoms with Gasteiger partial charge in [-0.05, 0) is 6.42 Å². The third-order valence-corrected chi connectivity index (χ3v) is 2.81. The molecule has 0 unspecified atom stereocenters. The van der Waals surface area contributed by atoms with E-state index in [1.807, 2.05) is 11.0 Å². The monoisotopic (exact) mass is 236 g/mol. The Bertz CT molecular complexity index is 347. The molecule has 94 valence electrons. The summed E-state index contributed by atoms with van der Waals surface area (Å²) >= 11 is 0. The van der Waals surface area contributed by atoms with Gasteiger partial charge in [0.25, 0.3) is 0 Å². The van der Waals surface area contributed by atoms with E-state index in [1.165, 1.54) is 0 Å². The molecule has 0 spiro atoms. The highest BCUT2D eigenvalue weighted by Gasteiger charge is 2.22. The average Bonchev–Trinajstić information content (AvgIpc) is 2.30. The van der Waals surface area contributed by atoms with Crippen molar-refractivity contribution in [3.63, 3.8) is 0 Å². The van der Waals surface area contributed by atoms with Crippen LogP contribution >= 0.6 is 0 Å². The second-order valence-corrected chi connectivity index (χ2v) is 4.23. The summed E-state index contributed by atoms with van der Waals surface area (Å²) in [5.74, 6) is 0.0548. The number of carbonyl (C=O) groups is 2. The summed E-state index contributed by atoms with van der Waals surface area (Å²) in [5.41, 5.74) is 1.52. The number of hydrogen-bond acceptors (Lipinski definition) is 3. The number of unbranched alkanes of at least 4 members (excludes halogenated alkanes) is 1. The Hall–Kier alpha value is -1.58. The zero-order valence-corrected chi connectivity index (χ0v) is 10.6. The van der Waals surface area contributed by atoms with Crippen molar-refractivity contribution in [3.05, 3.63) is 24.0 Å². The lowest BCUT2D eigenvalue weighted by molar-refractivity contribution is -0.118. The summed E-state index contributed by atoms with van der Waals surface area (Å²) in [6, 6.07) is 0. The summed E-state index contributed by atoms with van der Waals surface area (Å²) in [6.45, 7) is 9.37. The third-order valence-electron chi connectivity index (χ3n) is 2.81. The SMILES string of the molecule is C=C1CN(C=O)CCN1/C(=C\CCC)C(C)=O. The van der Waals surface area contributed by atoms with Gasteiger partial charge in [-0.1, -0.05) is 26.0 Å². The van der Waals surface area contributed by atoms with E-state index in [2.05, 4.69) is 13.5 Å². The number of rotatable bonds is 5. The first-order valence-corrected chi connectivity index (χ1v) is 5.96. The molecule has 1 fully saturated rings. The molecule has 1 rings (SSSR count). The zero-order valence-electron chi connectivity index (χ0n) is 10.6. The highest BCUT2D eigenvalue weighted by atomic mass is 16.1. The van der Waals surface area contributed by atoms with Crippen molar-refractivity contribution < 1.29 is 9.59 Å². The van der Waals surface area contributed by atoms with Crippen LogP contribution < -0.4 is 0 Å². The van der Waals surface area contributed by atoms with Crippen LogP contribution in [0, 0.1) is 0 Å². The summed E-state index contributed by atoms with van der Waals surface area (Å²) < 4.78 is 0. The minimum absolute atomic E-state index is 0.0548. The van der Waals surface area contributed by atoms with Crippen LogP contribution in [0.4, 0.5) is 0 Å². The summed E-state index contributed by atoms with van der Waals surface area (Å²) in [4.78, 5) is 25.9. The second kappa shape index (κ2) is 6.23. The van der Waals surface area contributed by atoms with Gasteiger partial charge in [-0.25, -0.2) is 0 Å². The number of carbonyl (C=O) groups excluding carboxylic acids is 2. The minimum Gasteiger partial charge on any atom is -0.340 e. The van der Waals surface area contributed by atoms with Gasteiger partial charge in [-0.2, -0.15) is 0 Å². The van der Waals surface area contributed by atoms with E-state index in [1.54, 1.807) is 11.8 Å². The predicted molar refractivity (Wildman–Crippen MR) is 67.2 cm³/mol. The van der Waals surface area contributed by atoms with Crippen LogP contribution in [0.2, 0.25) is 0 Å². The van der Waals surface area contributed by atoms with Gasteiger partial charge < -0.3 is 9.80 Å². The van der Waals surface area contributed by atoms with Crippen LogP contribution in [0.15, 0.2) is 24.0 Å². The van der Waals surface area contributed by atoms with Crippen LogP contribution in [-0.4, -0.2) is 41.6 Å². The Morgan fingerprint density at radius 1 is 1.47 bits per heavy atom. The van der Waals surface area contributed by atoms with Gasteiger partial charge in [-0.3, -0.25) is 9.59 Å². The molecule has 0 aromatic carbocycles. The number of allylic oxidation sites excluding steroid dienone is 2. The molecule has 0 aromatic rings. The Labute approximate surface area is 103 Å². The maximum Gasteiger partial charge on any atom is 0.210 e. The Kier molecular flexibility index (Phi) is 4.94. The first-order chi connectivity index (χ1) is 8.10. The van der Waals surface area contributed by atoms with Gasteiger partial charge in [-0.15, -0.1) is 0 Å². The van der Waals surface area contributed by atoms with Crippen molar-refractivity contribution >= 4 is 12.2 Å². The molecule has 0 bridgehead atoms. The molecule has 0 N–H and O–H groups in total. The van der Waals surface area contributed by atoms with Crippen molar-refractivity contribution in [1.82, 2.24) is 9.80 Å². The van der Waals surface area contributed by atoms with Gasteiger partial charge in [0.2, 0.25) is 6.41 Å². The molecule has 0 atom stereocenters. The van der Waals surface area contributed by atoms with Crippen molar-refractivity contribution in [3.8, 4) is 0 Å². The number of piperazine rings is 1. The molecular weight excluding hydrogens is 216 g/mol. The van der Waals surface area contributed by atoms with Crippen LogP contribution in [-0.2, 0) is 9.59 Å². The Morgan fingerprint density at radius 2 is 2.18 bits per heavy atom. The van der Waals surface area contributed by atoms with E-state index in [9.17, 15) is 9.59 Å². The van der Waals surface area contributed by atoms with Gasteiger partial charge in [0.15, 0.2) is 5.78 Å². The van der Waals surface area contributed by atoms with E-state index in [-0.39, 0.29) is 5.78 Å². The van der Waals surface area contributed by atoms with Crippen molar-refractivity contribution in [1.29, 1.82) is 0 Å². The lowest BCUT2D eigenvalue weighted by atomic mass is 10.1. The van der Waals surface area contributed by atoms with Crippen LogP contribution in [0.1, 0.15) is 26.7 Å². The molecule has 0 radical (unpaired) electrons. The topological polar surface area (TPSA) is 40.6 Å². The van der Waals surface area contributed by atoms with Crippen LogP contribution in [0.3, 0.4) is 0 Å². The fourth-order valence-electron chi connectivity index (χ4n) is 1.89. The molecule has 4 heteroatoms. The second-order valence-electron chi connectivity index (χ2n) is 4.23. The molecule has 0 saturated carbocycles. The van der Waals surface area contributed by atoms with Crippen molar-refractivity contribution in [2.75, 3.05) is 19.6 Å². The summed E-state index contributed by atoms with van der Waals surface area (Å²) in [7, 11) is 0. The average molecular weight is 236 g/mol. The van der Waals surface area contributed by atoms with E-state index < -0.39 is 0 Å². The number of nitrogens with zero attached hydrogens (tertiary/aromatic N) is 2. The highest BCUT2D eigenvalue weighted by molar-refractivity contribution is 5.93. The smallest absolute Gasteiger partial charge is 0.210 e. The number of Topliss-reactive ketones (excluding diaryl/α,β-unsaturated/α-hetero) is 1. The quantitative estimate of drug-likeness (QED) is 0.537. The molecule has 1 heterocycles. The van der Waals surface area contributed by atoms with Gasteiger partial charge in [0.05, 0.1) is 12.2 Å². The minimum atomic E-state index is 0.0548. The summed E-state index contributed by atoms with van der Waals surface area (Å²) in [5, 5.41) is 0. The predicted octanol–water partition coefficient (Wildman–Crippen LogP) is 1.55. The van der Waals surface area contributed by atoms with Crippen LogP contribution in [0.5, 0.6) is 0 Å². The lowest BCUT2D eigenvalue weighted by Gasteiger charge is -2.36. The molecule has 17 heavy (non-hydrogen) atoms. The van der Waals surface area contributed by atoms with E-state index in [0.717, 1.165) is 24.9 Å². The maximum atomic E-state index is 11.6. The number of hydrogen-bond donors (Lipinski definition) is 0. The van der Waals surface area contributed by atoms with E-state index >= 15 is 0 Å². The first-order valence-electron chi connectivity index (χ1n) is 5.96. The molecule has 1 amide bonds. The molecule has 0 aromatic heterocycles. The fraction of sp³-hybridized carbons (Fsp3) is 0.538. The maximum absolute atomic E-state index is 11.6. The normalized spacial score (nSPS) is 17.3. The Balaban J connectivity index is 2.79. The number of amides is 1. The Morgan fingerprint density at radius 3 is 2.65 bits per heavy atom. The highest BCUT2D eigenvalue weighted by Crippen LogP contribution is 2.18. The number of ketones is 1. The fourth-order valence-corrected chi connectivity index (χ4v) is 1.89. The molecule has 1 aliphatic rings. The van der Waals surface area contributed by atoms with Gasteiger partial charge >= 0.3 is 0 Å². The van der Waals surface area contributed by atoms with E-state index in [0.29, 0.717) is 25.3 Å². The molecule has 0 aliphatic carbocycles. The molecular formula is C13H20N2O2. The van der Waals surface area contributed by atoms with E-state index in [4.69, 9.17) is 0 Å². The molecule has 1 saturated heterocycles. The van der Waals surface area contributed by atoms with Crippen molar-refractivity contribution in [2.45, 2.75) is 26.7 Å². The van der Waals surface area contributed by atoms with Crippen LogP contribution in [0.25, 0.3) is 0 Å². The largest absolute Gasteiger partial charge is 0.340 e. The standard InChI is InChI=1S/C13H20N2O2/c1-4-5-6-13(12(3)17)15-8-7-14(10-16)9-11(15)2/h6,10H,2,4-5,7-9H2,1,3H3/b13-6-. The summed E-state index contributed by atoms with van der Waals surface area (Å²) in [6.07, 6.45) is 4.68. The zero-order chi connectivity index (χ0) is 12.8. The molecule has 4 nitrogen and oxygen atoms in total. The first kappa shape index (κ1) is 13.5. The van der Waals surface area contributed by atoms with Gasteiger partial charge in [0.1, 0.15) is 0 Å². The van der Waals surface area contributed by atoms with Gasteiger partial charge in [0, 0.05) is 25.7 Å². The molecule has 1 aliphatic heterocycles.